The second-order valence-electron chi connectivity index (χ2n) is 4.35. The van der Waals surface area contributed by atoms with Crippen LogP contribution in [0.15, 0.2) is 34.9 Å². The molecular formula is C13H18. The average Bonchev–Trinajstić information content (AvgIpc) is 2.17. The fourth-order valence-electron chi connectivity index (χ4n) is 2.15. The molecule has 2 rings (SSSR count). The van der Waals surface area contributed by atoms with Crippen LogP contribution in [0.3, 0.4) is 0 Å². The van der Waals surface area contributed by atoms with Gasteiger partial charge in [-0.2, -0.15) is 0 Å². The third-order valence-corrected chi connectivity index (χ3v) is 3.08. The summed E-state index contributed by atoms with van der Waals surface area (Å²) < 4.78 is 0. The van der Waals surface area contributed by atoms with Crippen LogP contribution in [0.25, 0.3) is 0 Å². The van der Waals surface area contributed by atoms with Crippen LogP contribution in [0.1, 0.15) is 39.5 Å². The monoisotopic (exact) mass is 174 g/mol. The van der Waals surface area contributed by atoms with E-state index in [0.717, 1.165) is 5.92 Å². The number of rotatable bonds is 1. The highest BCUT2D eigenvalue weighted by Crippen LogP contribution is 2.34. The molecule has 0 aromatic rings. The van der Waals surface area contributed by atoms with Gasteiger partial charge in [-0.25, -0.2) is 0 Å². The minimum atomic E-state index is 0.726. The predicted octanol–water partition coefficient (Wildman–Crippen LogP) is 4.01. The van der Waals surface area contributed by atoms with Gasteiger partial charge in [0.05, 0.1) is 0 Å². The Morgan fingerprint density at radius 1 is 1.00 bits per heavy atom. The highest BCUT2D eigenvalue weighted by Gasteiger charge is 2.16. The van der Waals surface area contributed by atoms with E-state index in [4.69, 9.17) is 0 Å². The highest BCUT2D eigenvalue weighted by molar-refractivity contribution is 5.42. The van der Waals surface area contributed by atoms with E-state index in [9.17, 15) is 0 Å². The molecule has 0 amide bonds. The van der Waals surface area contributed by atoms with E-state index in [-0.39, 0.29) is 0 Å². The zero-order chi connectivity index (χ0) is 9.26. The molecule has 0 nitrogen and oxygen atoms in total. The van der Waals surface area contributed by atoms with Gasteiger partial charge in [0, 0.05) is 0 Å². The molecule has 0 heteroatoms. The Hall–Kier alpha value is -0.780. The molecule has 0 fully saturated rings. The molecule has 2 aliphatic rings. The van der Waals surface area contributed by atoms with Gasteiger partial charge in [0.2, 0.25) is 0 Å². The summed E-state index contributed by atoms with van der Waals surface area (Å²) in [5.41, 5.74) is 4.83. The number of allylic oxidation sites excluding steroid dienone is 6. The SMILES string of the molecule is CC(C)C1=CCC2=CCCC=C2C1. The van der Waals surface area contributed by atoms with Crippen LogP contribution in [0, 0.1) is 5.92 Å². The van der Waals surface area contributed by atoms with Gasteiger partial charge in [-0.3, -0.25) is 0 Å². The first-order valence-corrected chi connectivity index (χ1v) is 5.34. The zero-order valence-corrected chi connectivity index (χ0v) is 8.64. The molecule has 0 radical (unpaired) electrons. The van der Waals surface area contributed by atoms with Crippen LogP contribution in [0.5, 0.6) is 0 Å². The topological polar surface area (TPSA) is 0 Å². The molecule has 70 valence electrons. The van der Waals surface area contributed by atoms with E-state index >= 15 is 0 Å². The molecule has 0 unspecified atom stereocenters. The van der Waals surface area contributed by atoms with Crippen molar-refractivity contribution in [1.29, 1.82) is 0 Å². The van der Waals surface area contributed by atoms with Gasteiger partial charge in [0.25, 0.3) is 0 Å². The Balaban J connectivity index is 2.21. The quantitative estimate of drug-likeness (QED) is 0.527. The lowest BCUT2D eigenvalue weighted by atomic mass is 9.82. The van der Waals surface area contributed by atoms with Crippen molar-refractivity contribution in [3.05, 3.63) is 34.9 Å². The van der Waals surface area contributed by atoms with Crippen molar-refractivity contribution < 1.29 is 0 Å². The Morgan fingerprint density at radius 3 is 2.38 bits per heavy atom. The van der Waals surface area contributed by atoms with Crippen molar-refractivity contribution in [3.63, 3.8) is 0 Å². The van der Waals surface area contributed by atoms with E-state index in [2.05, 4.69) is 32.1 Å². The fraction of sp³-hybridized carbons (Fsp3) is 0.538. The van der Waals surface area contributed by atoms with Crippen molar-refractivity contribution >= 4 is 0 Å². The van der Waals surface area contributed by atoms with E-state index in [1.807, 2.05) is 0 Å². The molecule has 0 atom stereocenters. The molecule has 0 saturated carbocycles. The average molecular weight is 174 g/mol. The number of hydrogen-bond acceptors (Lipinski definition) is 0. The van der Waals surface area contributed by atoms with Gasteiger partial charge in [0.15, 0.2) is 0 Å². The third-order valence-electron chi connectivity index (χ3n) is 3.08. The summed E-state index contributed by atoms with van der Waals surface area (Å²) in [5.74, 6) is 0.726. The lowest BCUT2D eigenvalue weighted by Crippen LogP contribution is -2.06. The maximum Gasteiger partial charge on any atom is -0.00649 e. The smallest absolute Gasteiger partial charge is 0.00649 e. The molecule has 0 N–H and O–H groups in total. The first kappa shape index (κ1) is 8.80. The molecular weight excluding hydrogens is 156 g/mol. The van der Waals surface area contributed by atoms with E-state index in [1.54, 1.807) is 16.7 Å². The molecule has 0 aliphatic heterocycles. The molecule has 0 aromatic carbocycles. The van der Waals surface area contributed by atoms with Crippen LogP contribution >= 0.6 is 0 Å². The molecule has 0 aromatic heterocycles. The molecule has 0 spiro atoms. The van der Waals surface area contributed by atoms with Crippen LogP contribution in [-0.2, 0) is 0 Å². The van der Waals surface area contributed by atoms with Crippen molar-refractivity contribution in [2.45, 2.75) is 39.5 Å². The van der Waals surface area contributed by atoms with Gasteiger partial charge < -0.3 is 0 Å². The van der Waals surface area contributed by atoms with Crippen molar-refractivity contribution in [2.75, 3.05) is 0 Å². The second-order valence-corrected chi connectivity index (χ2v) is 4.35. The standard InChI is InChI=1S/C13H18/c1-10(2)12-8-7-11-5-3-4-6-13(11)9-12/h5-6,8,10H,3-4,7,9H2,1-2H3. The van der Waals surface area contributed by atoms with Gasteiger partial charge in [0.1, 0.15) is 0 Å². The van der Waals surface area contributed by atoms with E-state index < -0.39 is 0 Å². The summed E-state index contributed by atoms with van der Waals surface area (Å²) >= 11 is 0. The highest BCUT2D eigenvalue weighted by atomic mass is 14.2. The third kappa shape index (κ3) is 1.77. The first-order chi connectivity index (χ1) is 6.27. The van der Waals surface area contributed by atoms with E-state index in [0.29, 0.717) is 0 Å². The number of hydrogen-bond donors (Lipinski definition) is 0. The summed E-state index contributed by atoms with van der Waals surface area (Å²) in [6, 6.07) is 0. The summed E-state index contributed by atoms with van der Waals surface area (Å²) in [4.78, 5) is 0. The first-order valence-electron chi connectivity index (χ1n) is 5.34. The van der Waals surface area contributed by atoms with Gasteiger partial charge in [-0.1, -0.05) is 37.6 Å². The summed E-state index contributed by atoms with van der Waals surface area (Å²) in [5, 5.41) is 0. The normalized spacial score (nSPS) is 21.9. The molecule has 13 heavy (non-hydrogen) atoms. The Morgan fingerprint density at radius 2 is 1.69 bits per heavy atom. The summed E-state index contributed by atoms with van der Waals surface area (Å²) in [7, 11) is 0. The lowest BCUT2D eigenvalue weighted by Gasteiger charge is -2.24. The van der Waals surface area contributed by atoms with Crippen molar-refractivity contribution in [1.82, 2.24) is 0 Å². The molecule has 0 heterocycles. The molecule has 0 saturated heterocycles. The Bertz CT molecular complexity index is 287. The van der Waals surface area contributed by atoms with Gasteiger partial charge in [-0.15, -0.1) is 0 Å². The maximum atomic E-state index is 2.44. The van der Waals surface area contributed by atoms with Crippen molar-refractivity contribution in [3.8, 4) is 0 Å². The summed E-state index contributed by atoms with van der Waals surface area (Å²) in [6.07, 6.45) is 12.2. The molecule has 2 aliphatic carbocycles. The van der Waals surface area contributed by atoms with Crippen molar-refractivity contribution in [2.24, 2.45) is 5.92 Å². The van der Waals surface area contributed by atoms with Gasteiger partial charge in [-0.05, 0) is 42.7 Å². The fourth-order valence-corrected chi connectivity index (χ4v) is 2.15. The minimum Gasteiger partial charge on any atom is -0.0804 e. The van der Waals surface area contributed by atoms with Crippen LogP contribution < -0.4 is 0 Å². The maximum absolute atomic E-state index is 2.44. The second kappa shape index (κ2) is 3.53. The van der Waals surface area contributed by atoms with Crippen LogP contribution in [-0.4, -0.2) is 0 Å². The predicted molar refractivity (Wildman–Crippen MR) is 57.6 cm³/mol. The van der Waals surface area contributed by atoms with E-state index in [1.165, 1.54) is 25.7 Å². The molecule has 0 bridgehead atoms. The van der Waals surface area contributed by atoms with Gasteiger partial charge >= 0.3 is 0 Å². The summed E-state index contributed by atoms with van der Waals surface area (Å²) in [6.45, 7) is 4.59. The largest absolute Gasteiger partial charge is 0.0804 e. The number of fused-ring (bicyclic) bond motifs is 1. The minimum absolute atomic E-state index is 0.726. The lowest BCUT2D eigenvalue weighted by molar-refractivity contribution is 0.717. The Labute approximate surface area is 81.0 Å². The van der Waals surface area contributed by atoms with Crippen LogP contribution in [0.2, 0.25) is 0 Å². The zero-order valence-electron chi connectivity index (χ0n) is 8.64. The van der Waals surface area contributed by atoms with Crippen LogP contribution in [0.4, 0.5) is 0 Å². The Kier molecular flexibility index (Phi) is 2.39.